The number of Topliss-reactive ketones (excluding diaryl/α,β-unsaturated/α-hetero) is 1. The number of benzene rings is 2. The van der Waals surface area contributed by atoms with Crippen LogP contribution in [-0.2, 0) is 9.59 Å². The predicted octanol–water partition coefficient (Wildman–Crippen LogP) is 6.37. The number of ether oxygens (including phenoxy) is 3. The monoisotopic (exact) mass is 580 g/mol. The van der Waals surface area contributed by atoms with Gasteiger partial charge in [0, 0.05) is 18.7 Å². The van der Waals surface area contributed by atoms with Gasteiger partial charge in [0.1, 0.15) is 11.5 Å². The van der Waals surface area contributed by atoms with Crippen molar-refractivity contribution in [1.29, 1.82) is 0 Å². The zero-order valence-corrected chi connectivity index (χ0v) is 26.4. The van der Waals surface area contributed by atoms with E-state index in [1.165, 1.54) is 0 Å². The Morgan fingerprint density at radius 1 is 0.976 bits per heavy atom. The summed E-state index contributed by atoms with van der Waals surface area (Å²) in [5, 5.41) is 11.6. The lowest BCUT2D eigenvalue weighted by atomic mass is 9.94. The number of carbonyl (C=O) groups is 2. The standard InChI is InChI=1S/C34H48N2O6/c1-8-11-12-19-41-28-16-13-25(21-29(28)40-7)31-30(33(38)34(39)36(31)18-17-35(9-2)10-3)32(37)26-14-15-27(24(6)20-26)42-22-23(4)5/h13-16,20-21,23,31,37H,8-12,17-19,22H2,1-7H3. The molecule has 2 aromatic carbocycles. The Morgan fingerprint density at radius 3 is 2.31 bits per heavy atom. The molecule has 3 rings (SSSR count). The summed E-state index contributed by atoms with van der Waals surface area (Å²) in [5.74, 6) is 0.674. The number of aliphatic hydroxyl groups is 1. The summed E-state index contributed by atoms with van der Waals surface area (Å²) in [6.45, 7) is 16.1. The molecule has 2 aromatic rings. The molecule has 42 heavy (non-hydrogen) atoms. The summed E-state index contributed by atoms with van der Waals surface area (Å²) in [5.41, 5.74) is 2.02. The Morgan fingerprint density at radius 2 is 1.69 bits per heavy atom. The van der Waals surface area contributed by atoms with Gasteiger partial charge in [0.05, 0.1) is 31.9 Å². The van der Waals surface area contributed by atoms with Gasteiger partial charge in [-0.25, -0.2) is 0 Å². The summed E-state index contributed by atoms with van der Waals surface area (Å²) in [6, 6.07) is 10.0. The van der Waals surface area contributed by atoms with Crippen LogP contribution in [0, 0.1) is 12.8 Å². The number of rotatable bonds is 16. The van der Waals surface area contributed by atoms with Crippen molar-refractivity contribution in [2.45, 2.75) is 66.8 Å². The molecule has 0 aliphatic carbocycles. The average Bonchev–Trinajstić information content (AvgIpc) is 3.23. The van der Waals surface area contributed by atoms with Crippen molar-refractivity contribution >= 4 is 17.4 Å². The first kappa shape index (κ1) is 33.0. The van der Waals surface area contributed by atoms with Crippen LogP contribution in [0.15, 0.2) is 42.0 Å². The molecule has 0 aromatic heterocycles. The molecule has 0 radical (unpaired) electrons. The zero-order valence-electron chi connectivity index (χ0n) is 26.4. The maximum Gasteiger partial charge on any atom is 0.295 e. The number of ketones is 1. The highest BCUT2D eigenvalue weighted by Crippen LogP contribution is 2.42. The highest BCUT2D eigenvalue weighted by atomic mass is 16.5. The summed E-state index contributed by atoms with van der Waals surface area (Å²) in [7, 11) is 1.57. The highest BCUT2D eigenvalue weighted by molar-refractivity contribution is 6.46. The quantitative estimate of drug-likeness (QED) is 0.107. The van der Waals surface area contributed by atoms with E-state index < -0.39 is 17.7 Å². The van der Waals surface area contributed by atoms with E-state index >= 15 is 0 Å². The van der Waals surface area contributed by atoms with Crippen LogP contribution < -0.4 is 14.2 Å². The Labute approximate surface area is 251 Å². The fourth-order valence-corrected chi connectivity index (χ4v) is 5.12. The molecule has 1 aliphatic heterocycles. The van der Waals surface area contributed by atoms with Gasteiger partial charge in [0.15, 0.2) is 11.5 Å². The first-order valence-corrected chi connectivity index (χ1v) is 15.2. The number of carbonyl (C=O) groups excluding carboxylic acids is 2. The third kappa shape index (κ3) is 7.85. The number of hydrogen-bond acceptors (Lipinski definition) is 7. The minimum atomic E-state index is -0.777. The van der Waals surface area contributed by atoms with E-state index in [-0.39, 0.29) is 11.3 Å². The average molecular weight is 581 g/mol. The Kier molecular flexibility index (Phi) is 12.3. The minimum Gasteiger partial charge on any atom is -0.507 e. The Hall–Kier alpha value is -3.52. The molecule has 0 bridgehead atoms. The van der Waals surface area contributed by atoms with E-state index in [1.54, 1.807) is 36.3 Å². The van der Waals surface area contributed by atoms with Gasteiger partial charge in [-0.2, -0.15) is 0 Å². The lowest BCUT2D eigenvalue weighted by Gasteiger charge is -2.28. The summed E-state index contributed by atoms with van der Waals surface area (Å²) < 4.78 is 17.5. The molecule has 1 N–H and O–H groups in total. The van der Waals surface area contributed by atoms with Crippen molar-refractivity contribution in [3.05, 3.63) is 58.7 Å². The fraction of sp³-hybridized carbons (Fsp3) is 0.529. The normalized spacial score (nSPS) is 16.5. The topological polar surface area (TPSA) is 88.5 Å². The zero-order chi connectivity index (χ0) is 30.8. The lowest BCUT2D eigenvalue weighted by Crippen LogP contribution is -2.38. The van der Waals surface area contributed by atoms with Gasteiger partial charge in [-0.05, 0) is 73.8 Å². The first-order valence-electron chi connectivity index (χ1n) is 15.2. The number of aryl methyl sites for hydroxylation is 1. The van der Waals surface area contributed by atoms with Crippen LogP contribution in [0.5, 0.6) is 17.2 Å². The predicted molar refractivity (Wildman–Crippen MR) is 166 cm³/mol. The molecule has 8 nitrogen and oxygen atoms in total. The summed E-state index contributed by atoms with van der Waals surface area (Å²) in [6.07, 6.45) is 3.11. The summed E-state index contributed by atoms with van der Waals surface area (Å²) >= 11 is 0. The number of likely N-dealkylation sites (tertiary alicyclic amines) is 1. The van der Waals surface area contributed by atoms with Crippen molar-refractivity contribution in [1.82, 2.24) is 9.80 Å². The number of methoxy groups -OCH3 is 1. The van der Waals surface area contributed by atoms with Gasteiger partial charge in [-0.3, -0.25) is 9.59 Å². The number of aliphatic hydroxyl groups excluding tert-OH is 1. The molecular weight excluding hydrogens is 532 g/mol. The lowest BCUT2D eigenvalue weighted by molar-refractivity contribution is -0.140. The van der Waals surface area contributed by atoms with Crippen molar-refractivity contribution < 1.29 is 28.9 Å². The van der Waals surface area contributed by atoms with Crippen LogP contribution in [0.4, 0.5) is 0 Å². The second-order valence-electron chi connectivity index (χ2n) is 11.2. The maximum atomic E-state index is 13.5. The van der Waals surface area contributed by atoms with Crippen LogP contribution in [-0.4, -0.2) is 73.1 Å². The number of unbranched alkanes of at least 4 members (excludes halogenated alkanes) is 2. The van der Waals surface area contributed by atoms with Crippen molar-refractivity contribution in [3.8, 4) is 17.2 Å². The SMILES string of the molecule is CCCCCOc1ccc(C2C(=C(O)c3ccc(OCC(C)C)c(C)c3)C(=O)C(=O)N2CCN(CC)CC)cc1OC. The highest BCUT2D eigenvalue weighted by Gasteiger charge is 2.46. The molecule has 1 amide bonds. The molecule has 1 fully saturated rings. The molecule has 1 atom stereocenters. The third-order valence-corrected chi connectivity index (χ3v) is 7.62. The van der Waals surface area contributed by atoms with Gasteiger partial charge >= 0.3 is 0 Å². The third-order valence-electron chi connectivity index (χ3n) is 7.62. The minimum absolute atomic E-state index is 0.0634. The maximum absolute atomic E-state index is 13.5. The molecular formula is C34H48N2O6. The van der Waals surface area contributed by atoms with Gasteiger partial charge in [-0.1, -0.05) is 53.5 Å². The van der Waals surface area contributed by atoms with Gasteiger partial charge in [-0.15, -0.1) is 0 Å². The molecule has 1 unspecified atom stereocenters. The van der Waals surface area contributed by atoms with Crippen molar-refractivity contribution in [3.63, 3.8) is 0 Å². The first-order chi connectivity index (χ1) is 20.2. The number of hydrogen-bond donors (Lipinski definition) is 1. The van der Waals surface area contributed by atoms with Crippen LogP contribution >= 0.6 is 0 Å². The second kappa shape index (κ2) is 15.6. The van der Waals surface area contributed by atoms with Gasteiger partial charge < -0.3 is 29.1 Å². The second-order valence-corrected chi connectivity index (χ2v) is 11.2. The van der Waals surface area contributed by atoms with Crippen LogP contribution in [0.1, 0.15) is 76.6 Å². The van der Waals surface area contributed by atoms with E-state index in [4.69, 9.17) is 14.2 Å². The van der Waals surface area contributed by atoms with Gasteiger partial charge in [0.25, 0.3) is 11.7 Å². The Bertz CT molecular complexity index is 1250. The van der Waals surface area contributed by atoms with E-state index in [9.17, 15) is 14.7 Å². The van der Waals surface area contributed by atoms with Crippen molar-refractivity contribution in [2.24, 2.45) is 5.92 Å². The van der Waals surface area contributed by atoms with E-state index in [2.05, 4.69) is 39.5 Å². The van der Waals surface area contributed by atoms with E-state index in [0.717, 1.165) is 43.7 Å². The molecule has 1 saturated heterocycles. The number of amides is 1. The van der Waals surface area contributed by atoms with E-state index in [0.29, 0.717) is 54.8 Å². The largest absolute Gasteiger partial charge is 0.507 e. The van der Waals surface area contributed by atoms with Gasteiger partial charge in [0.2, 0.25) is 0 Å². The van der Waals surface area contributed by atoms with Crippen LogP contribution in [0.2, 0.25) is 0 Å². The molecule has 1 aliphatic rings. The number of nitrogens with zero attached hydrogens (tertiary/aromatic N) is 2. The van der Waals surface area contributed by atoms with Crippen molar-refractivity contribution in [2.75, 3.05) is 46.5 Å². The Balaban J connectivity index is 2.07. The number of likely N-dealkylation sites (N-methyl/N-ethyl adjacent to an activating group) is 1. The molecule has 230 valence electrons. The fourth-order valence-electron chi connectivity index (χ4n) is 5.12. The van der Waals surface area contributed by atoms with Crippen LogP contribution in [0.3, 0.4) is 0 Å². The molecule has 8 heteroatoms. The molecule has 0 spiro atoms. The van der Waals surface area contributed by atoms with Crippen LogP contribution in [0.25, 0.3) is 5.76 Å². The summed E-state index contributed by atoms with van der Waals surface area (Å²) in [4.78, 5) is 30.8. The molecule has 1 heterocycles. The molecule has 0 saturated carbocycles. The smallest absolute Gasteiger partial charge is 0.295 e. The van der Waals surface area contributed by atoms with E-state index in [1.807, 2.05) is 19.1 Å².